The van der Waals surface area contributed by atoms with E-state index in [9.17, 15) is 9.59 Å². The molecule has 1 rings (SSSR count). The summed E-state index contributed by atoms with van der Waals surface area (Å²) < 4.78 is 0. The first-order valence-corrected chi connectivity index (χ1v) is 8.16. The highest BCUT2D eigenvalue weighted by Gasteiger charge is 2.11. The number of amides is 2. The molecule has 0 fully saturated rings. The van der Waals surface area contributed by atoms with E-state index in [0.29, 0.717) is 18.7 Å². The van der Waals surface area contributed by atoms with E-state index in [-0.39, 0.29) is 24.4 Å². The number of anilines is 1. The average molecular weight is 329 g/mol. The monoisotopic (exact) mass is 329 g/mol. The summed E-state index contributed by atoms with van der Waals surface area (Å²) in [7, 11) is 0. The number of nitrogens with one attached hydrogen (secondary N) is 2. The highest BCUT2D eigenvalue weighted by molar-refractivity contribution is 5.94. The fourth-order valence-electron chi connectivity index (χ4n) is 2.03. The first-order valence-electron chi connectivity index (χ1n) is 8.16. The van der Waals surface area contributed by atoms with Crippen molar-refractivity contribution in [2.45, 2.75) is 26.3 Å². The number of rotatable bonds is 10. The second kappa shape index (κ2) is 10.3. The number of carbonyl (C=O) groups excluding carboxylic acids is 2. The summed E-state index contributed by atoms with van der Waals surface area (Å²) >= 11 is 0. The van der Waals surface area contributed by atoms with Crippen LogP contribution in [-0.4, -0.2) is 42.4 Å². The van der Waals surface area contributed by atoms with Gasteiger partial charge < -0.3 is 15.5 Å². The topological polar surface area (TPSA) is 61.4 Å². The fourth-order valence-corrected chi connectivity index (χ4v) is 2.03. The molecule has 1 aromatic rings. The van der Waals surface area contributed by atoms with E-state index >= 15 is 0 Å². The minimum atomic E-state index is -0.0879. The van der Waals surface area contributed by atoms with Crippen LogP contribution in [0.25, 0.3) is 0 Å². The molecule has 0 saturated carbocycles. The van der Waals surface area contributed by atoms with Crippen LogP contribution >= 0.6 is 0 Å². The van der Waals surface area contributed by atoms with Gasteiger partial charge in [0.15, 0.2) is 0 Å². The minimum absolute atomic E-state index is 0.0339. The van der Waals surface area contributed by atoms with Gasteiger partial charge in [-0.15, -0.1) is 13.2 Å². The summed E-state index contributed by atoms with van der Waals surface area (Å²) in [5.74, 6) is -0.122. The SMILES string of the molecule is C=CCN(CC=C)C(=O)CNc1ccc(C(=O)NC(C)CC)cc1. The van der Waals surface area contributed by atoms with Crippen LogP contribution in [-0.2, 0) is 4.79 Å². The van der Waals surface area contributed by atoms with E-state index in [2.05, 4.69) is 23.8 Å². The predicted molar refractivity (Wildman–Crippen MR) is 99.1 cm³/mol. The zero-order valence-corrected chi connectivity index (χ0v) is 14.5. The van der Waals surface area contributed by atoms with Crippen LogP contribution in [0, 0.1) is 0 Å². The van der Waals surface area contributed by atoms with Crippen LogP contribution in [0.5, 0.6) is 0 Å². The van der Waals surface area contributed by atoms with E-state index in [1.165, 1.54) is 0 Å². The molecule has 0 aromatic heterocycles. The summed E-state index contributed by atoms with van der Waals surface area (Å²) in [6.45, 7) is 12.4. The van der Waals surface area contributed by atoms with Crippen molar-refractivity contribution in [1.29, 1.82) is 0 Å². The van der Waals surface area contributed by atoms with Crippen LogP contribution in [0.15, 0.2) is 49.6 Å². The van der Waals surface area contributed by atoms with Crippen molar-refractivity contribution in [2.24, 2.45) is 0 Å². The lowest BCUT2D eigenvalue weighted by atomic mass is 10.1. The van der Waals surface area contributed by atoms with Gasteiger partial charge in [0, 0.05) is 30.4 Å². The lowest BCUT2D eigenvalue weighted by Crippen LogP contribution is -2.35. The van der Waals surface area contributed by atoms with Gasteiger partial charge >= 0.3 is 0 Å². The largest absolute Gasteiger partial charge is 0.376 e. The van der Waals surface area contributed by atoms with E-state index in [1.54, 1.807) is 41.3 Å². The third-order valence-corrected chi connectivity index (χ3v) is 3.63. The smallest absolute Gasteiger partial charge is 0.251 e. The molecule has 2 amide bonds. The first-order chi connectivity index (χ1) is 11.5. The molecule has 0 spiro atoms. The minimum Gasteiger partial charge on any atom is -0.376 e. The molecule has 0 radical (unpaired) electrons. The van der Waals surface area contributed by atoms with Crippen LogP contribution < -0.4 is 10.6 Å². The summed E-state index contributed by atoms with van der Waals surface area (Å²) in [6.07, 6.45) is 4.26. The molecule has 1 aromatic carbocycles. The Morgan fingerprint density at radius 1 is 1.17 bits per heavy atom. The Labute approximate surface area is 144 Å². The standard InChI is InChI=1S/C19H27N3O2/c1-5-12-22(13-6-2)18(23)14-20-17-10-8-16(9-11-17)19(24)21-15(4)7-3/h5-6,8-11,15,20H,1-2,7,12-14H2,3-4H3,(H,21,24). The number of hydrogen-bond acceptors (Lipinski definition) is 3. The number of hydrogen-bond donors (Lipinski definition) is 2. The summed E-state index contributed by atoms with van der Waals surface area (Å²) in [5.41, 5.74) is 1.40. The number of nitrogens with zero attached hydrogens (tertiary/aromatic N) is 1. The quantitative estimate of drug-likeness (QED) is 0.649. The van der Waals surface area contributed by atoms with Crippen molar-refractivity contribution in [3.63, 3.8) is 0 Å². The summed E-state index contributed by atoms with van der Waals surface area (Å²) in [4.78, 5) is 25.8. The molecule has 0 aliphatic rings. The molecule has 5 heteroatoms. The normalized spacial score (nSPS) is 11.2. The molecule has 1 atom stereocenters. The van der Waals surface area contributed by atoms with Crippen molar-refractivity contribution in [2.75, 3.05) is 25.0 Å². The van der Waals surface area contributed by atoms with Gasteiger partial charge in [-0.1, -0.05) is 19.1 Å². The second-order valence-corrected chi connectivity index (χ2v) is 5.59. The lowest BCUT2D eigenvalue weighted by Gasteiger charge is -2.19. The Bertz CT molecular complexity index is 556. The third kappa shape index (κ3) is 6.28. The molecule has 0 bridgehead atoms. The highest BCUT2D eigenvalue weighted by atomic mass is 16.2. The molecule has 0 aliphatic heterocycles. The maximum atomic E-state index is 12.1. The van der Waals surface area contributed by atoms with Crippen LogP contribution in [0.2, 0.25) is 0 Å². The van der Waals surface area contributed by atoms with Gasteiger partial charge in [0.1, 0.15) is 0 Å². The van der Waals surface area contributed by atoms with Crippen LogP contribution in [0.1, 0.15) is 30.6 Å². The average Bonchev–Trinajstić information content (AvgIpc) is 2.59. The lowest BCUT2D eigenvalue weighted by molar-refractivity contribution is -0.128. The molecule has 0 saturated heterocycles. The van der Waals surface area contributed by atoms with Gasteiger partial charge in [0.2, 0.25) is 5.91 Å². The Hall–Kier alpha value is -2.56. The maximum Gasteiger partial charge on any atom is 0.251 e. The zero-order valence-electron chi connectivity index (χ0n) is 14.5. The van der Waals surface area contributed by atoms with E-state index in [4.69, 9.17) is 0 Å². The van der Waals surface area contributed by atoms with E-state index in [1.807, 2.05) is 13.8 Å². The van der Waals surface area contributed by atoms with Gasteiger partial charge in [0.05, 0.1) is 6.54 Å². The molecule has 0 heterocycles. The van der Waals surface area contributed by atoms with Gasteiger partial charge in [-0.25, -0.2) is 0 Å². The fraction of sp³-hybridized carbons (Fsp3) is 0.368. The van der Waals surface area contributed by atoms with Gasteiger partial charge in [-0.3, -0.25) is 9.59 Å². The molecule has 5 nitrogen and oxygen atoms in total. The predicted octanol–water partition coefficient (Wildman–Crippen LogP) is 2.83. The first kappa shape index (κ1) is 19.5. The Kier molecular flexibility index (Phi) is 8.33. The van der Waals surface area contributed by atoms with Gasteiger partial charge in [-0.2, -0.15) is 0 Å². The van der Waals surface area contributed by atoms with Crippen molar-refractivity contribution in [3.8, 4) is 0 Å². The van der Waals surface area contributed by atoms with Gasteiger partial charge in [-0.05, 0) is 37.6 Å². The van der Waals surface area contributed by atoms with Crippen molar-refractivity contribution < 1.29 is 9.59 Å². The van der Waals surface area contributed by atoms with E-state index in [0.717, 1.165) is 12.1 Å². The Morgan fingerprint density at radius 2 is 1.75 bits per heavy atom. The Morgan fingerprint density at radius 3 is 2.25 bits per heavy atom. The summed E-state index contributed by atoms with van der Waals surface area (Å²) in [5, 5.41) is 5.99. The molecular formula is C19H27N3O2. The third-order valence-electron chi connectivity index (χ3n) is 3.63. The maximum absolute atomic E-state index is 12.1. The molecular weight excluding hydrogens is 302 g/mol. The van der Waals surface area contributed by atoms with Gasteiger partial charge in [0.25, 0.3) is 5.91 Å². The molecule has 130 valence electrons. The Balaban J connectivity index is 2.57. The van der Waals surface area contributed by atoms with Crippen LogP contribution in [0.3, 0.4) is 0 Å². The second-order valence-electron chi connectivity index (χ2n) is 5.59. The molecule has 2 N–H and O–H groups in total. The summed E-state index contributed by atoms with van der Waals surface area (Å²) in [6, 6.07) is 7.23. The molecule has 1 unspecified atom stereocenters. The molecule has 24 heavy (non-hydrogen) atoms. The number of benzene rings is 1. The van der Waals surface area contributed by atoms with Crippen molar-refractivity contribution in [3.05, 3.63) is 55.1 Å². The van der Waals surface area contributed by atoms with E-state index < -0.39 is 0 Å². The number of carbonyl (C=O) groups is 2. The highest BCUT2D eigenvalue weighted by Crippen LogP contribution is 2.10. The van der Waals surface area contributed by atoms with Crippen molar-refractivity contribution in [1.82, 2.24) is 10.2 Å². The van der Waals surface area contributed by atoms with Crippen LogP contribution in [0.4, 0.5) is 5.69 Å². The molecule has 0 aliphatic carbocycles. The van der Waals surface area contributed by atoms with Crippen molar-refractivity contribution >= 4 is 17.5 Å². The zero-order chi connectivity index (χ0) is 17.9.